The molecule has 0 radical (unpaired) electrons. The van der Waals surface area contributed by atoms with E-state index in [9.17, 15) is 9.59 Å². The van der Waals surface area contributed by atoms with Crippen molar-refractivity contribution in [3.63, 3.8) is 0 Å². The van der Waals surface area contributed by atoms with E-state index in [-0.39, 0.29) is 18.0 Å². The van der Waals surface area contributed by atoms with Crippen LogP contribution in [0.15, 0.2) is 18.2 Å². The molecule has 138 valence electrons. The number of benzene rings is 1. The zero-order valence-electron chi connectivity index (χ0n) is 14.8. The van der Waals surface area contributed by atoms with Crippen molar-refractivity contribution in [3.05, 3.63) is 28.8 Å². The summed E-state index contributed by atoms with van der Waals surface area (Å²) in [5.74, 6) is -0.281. The number of ether oxygens (including phenoxy) is 1. The van der Waals surface area contributed by atoms with Gasteiger partial charge in [0.2, 0.25) is 0 Å². The number of urea groups is 1. The summed E-state index contributed by atoms with van der Waals surface area (Å²) in [4.78, 5) is 26.4. The van der Waals surface area contributed by atoms with Crippen molar-refractivity contribution in [2.45, 2.75) is 38.1 Å². The van der Waals surface area contributed by atoms with Crippen LogP contribution in [0.4, 0.5) is 10.5 Å². The van der Waals surface area contributed by atoms with Gasteiger partial charge in [0.25, 0.3) is 5.91 Å². The average molecular weight is 368 g/mol. The summed E-state index contributed by atoms with van der Waals surface area (Å²) in [6, 6.07) is 5.02. The van der Waals surface area contributed by atoms with E-state index < -0.39 is 0 Å². The largest absolute Gasteiger partial charge is 0.385 e. The fraction of sp³-hybridized carbons (Fsp3) is 0.556. The Morgan fingerprint density at radius 3 is 2.88 bits per heavy atom. The fourth-order valence-corrected chi connectivity index (χ4v) is 3.34. The van der Waals surface area contributed by atoms with Crippen molar-refractivity contribution in [1.29, 1.82) is 0 Å². The minimum Gasteiger partial charge on any atom is -0.385 e. The highest BCUT2D eigenvalue weighted by molar-refractivity contribution is 6.34. The molecule has 1 atom stereocenters. The Hall–Kier alpha value is -1.79. The van der Waals surface area contributed by atoms with Crippen LogP contribution in [-0.4, -0.2) is 50.2 Å². The third kappa shape index (κ3) is 5.34. The molecule has 1 heterocycles. The van der Waals surface area contributed by atoms with Gasteiger partial charge in [0.15, 0.2) is 0 Å². The highest BCUT2D eigenvalue weighted by Crippen LogP contribution is 2.24. The predicted molar refractivity (Wildman–Crippen MR) is 99.3 cm³/mol. The molecule has 7 heteroatoms. The second-order valence-electron chi connectivity index (χ2n) is 6.18. The summed E-state index contributed by atoms with van der Waals surface area (Å²) < 4.78 is 5.11. The first-order chi connectivity index (χ1) is 12.1. The molecule has 0 aliphatic carbocycles. The summed E-state index contributed by atoms with van der Waals surface area (Å²) in [7, 11) is 3.23. The van der Waals surface area contributed by atoms with Crippen LogP contribution < -0.4 is 10.6 Å². The zero-order chi connectivity index (χ0) is 18.2. The van der Waals surface area contributed by atoms with Gasteiger partial charge in [0, 0.05) is 39.0 Å². The third-order valence-corrected chi connectivity index (χ3v) is 4.79. The first-order valence-corrected chi connectivity index (χ1v) is 9.02. The Bertz CT molecular complexity index is 609. The predicted octanol–water partition coefficient (Wildman–Crippen LogP) is 3.51. The van der Waals surface area contributed by atoms with E-state index in [1.165, 1.54) is 0 Å². The lowest BCUT2D eigenvalue weighted by molar-refractivity contribution is 0.0963. The number of halogens is 1. The van der Waals surface area contributed by atoms with Gasteiger partial charge in [0.1, 0.15) is 0 Å². The van der Waals surface area contributed by atoms with E-state index in [0.717, 1.165) is 38.6 Å². The van der Waals surface area contributed by atoms with E-state index in [0.29, 0.717) is 22.9 Å². The number of anilines is 1. The van der Waals surface area contributed by atoms with Gasteiger partial charge in [-0.1, -0.05) is 11.6 Å². The molecule has 6 nitrogen and oxygen atoms in total. The molecule has 0 spiro atoms. The SMILES string of the molecule is CNC(=O)c1cc(NC(=O)N2CCCC[C@@H]2CCCOC)ccc1Cl. The average Bonchev–Trinajstić information content (AvgIpc) is 2.63. The summed E-state index contributed by atoms with van der Waals surface area (Å²) in [5.41, 5.74) is 0.909. The van der Waals surface area contributed by atoms with Crippen LogP contribution in [0, 0.1) is 0 Å². The molecule has 2 rings (SSSR count). The molecule has 0 bridgehead atoms. The van der Waals surface area contributed by atoms with E-state index in [4.69, 9.17) is 16.3 Å². The second-order valence-corrected chi connectivity index (χ2v) is 6.59. The van der Waals surface area contributed by atoms with Crippen molar-refractivity contribution in [2.24, 2.45) is 0 Å². The normalized spacial score (nSPS) is 17.2. The Kier molecular flexibility index (Phi) is 7.52. The highest BCUT2D eigenvalue weighted by Gasteiger charge is 2.26. The molecular formula is C18H26ClN3O3. The van der Waals surface area contributed by atoms with Crippen molar-refractivity contribution in [1.82, 2.24) is 10.2 Å². The van der Waals surface area contributed by atoms with Crippen LogP contribution in [0.25, 0.3) is 0 Å². The van der Waals surface area contributed by atoms with Crippen LogP contribution in [0.5, 0.6) is 0 Å². The van der Waals surface area contributed by atoms with Crippen molar-refractivity contribution in [2.75, 3.05) is 32.6 Å². The molecule has 1 saturated heterocycles. The minimum atomic E-state index is -0.281. The Morgan fingerprint density at radius 1 is 1.36 bits per heavy atom. The van der Waals surface area contributed by atoms with E-state index in [1.54, 1.807) is 32.4 Å². The topological polar surface area (TPSA) is 70.7 Å². The summed E-state index contributed by atoms with van der Waals surface area (Å²) >= 11 is 6.05. The maximum absolute atomic E-state index is 12.7. The maximum Gasteiger partial charge on any atom is 0.322 e. The molecule has 1 aliphatic heterocycles. The molecule has 25 heavy (non-hydrogen) atoms. The lowest BCUT2D eigenvalue weighted by atomic mass is 9.98. The number of likely N-dealkylation sites (tertiary alicyclic amines) is 1. The first kappa shape index (κ1) is 19.5. The number of hydrogen-bond donors (Lipinski definition) is 2. The summed E-state index contributed by atoms with van der Waals surface area (Å²) in [6.45, 7) is 1.46. The van der Waals surface area contributed by atoms with Crippen molar-refractivity contribution < 1.29 is 14.3 Å². The van der Waals surface area contributed by atoms with Gasteiger partial charge < -0.3 is 20.3 Å². The van der Waals surface area contributed by atoms with E-state index >= 15 is 0 Å². The van der Waals surface area contributed by atoms with E-state index in [1.807, 2.05) is 4.90 Å². The number of carbonyl (C=O) groups is 2. The number of nitrogens with one attached hydrogen (secondary N) is 2. The molecule has 1 aromatic carbocycles. The van der Waals surface area contributed by atoms with Crippen molar-refractivity contribution in [3.8, 4) is 0 Å². The van der Waals surface area contributed by atoms with Gasteiger partial charge in [-0.3, -0.25) is 4.79 Å². The van der Waals surface area contributed by atoms with Gasteiger partial charge in [-0.2, -0.15) is 0 Å². The molecule has 0 unspecified atom stereocenters. The lowest BCUT2D eigenvalue weighted by Crippen LogP contribution is -2.46. The van der Waals surface area contributed by atoms with Crippen LogP contribution in [0.1, 0.15) is 42.5 Å². The van der Waals surface area contributed by atoms with Crippen molar-refractivity contribution >= 4 is 29.2 Å². The number of carbonyl (C=O) groups excluding carboxylic acids is 2. The van der Waals surface area contributed by atoms with Gasteiger partial charge in [-0.25, -0.2) is 4.79 Å². The van der Waals surface area contributed by atoms with Gasteiger partial charge >= 0.3 is 6.03 Å². The molecule has 1 aliphatic rings. The van der Waals surface area contributed by atoms with Crippen LogP contribution in [0.3, 0.4) is 0 Å². The third-order valence-electron chi connectivity index (χ3n) is 4.46. The smallest absolute Gasteiger partial charge is 0.322 e. The molecule has 1 fully saturated rings. The Morgan fingerprint density at radius 2 is 2.16 bits per heavy atom. The molecule has 3 amide bonds. The number of methoxy groups -OCH3 is 1. The lowest BCUT2D eigenvalue weighted by Gasteiger charge is -2.35. The standard InChI is InChI=1S/C18H26ClN3O3/c1-20-17(23)15-12-13(8-9-16(15)19)21-18(24)22-10-4-3-6-14(22)7-5-11-25-2/h8-9,12,14H,3-7,10-11H2,1-2H3,(H,20,23)(H,21,24)/t14-/m1/s1. The second kappa shape index (κ2) is 9.63. The minimum absolute atomic E-state index is 0.132. The van der Waals surface area contributed by atoms with Crippen LogP contribution >= 0.6 is 11.6 Å². The van der Waals surface area contributed by atoms with Gasteiger partial charge in [-0.05, 0) is 50.3 Å². The number of hydrogen-bond acceptors (Lipinski definition) is 3. The van der Waals surface area contributed by atoms with Gasteiger partial charge in [0.05, 0.1) is 10.6 Å². The Labute approximate surface area is 153 Å². The summed E-state index contributed by atoms with van der Waals surface area (Å²) in [5, 5.41) is 5.79. The molecule has 2 N–H and O–H groups in total. The fourth-order valence-electron chi connectivity index (χ4n) is 3.14. The highest BCUT2D eigenvalue weighted by atomic mass is 35.5. The van der Waals surface area contributed by atoms with Crippen LogP contribution in [0.2, 0.25) is 5.02 Å². The number of piperidine rings is 1. The number of nitrogens with zero attached hydrogens (tertiary/aromatic N) is 1. The Balaban J connectivity index is 2.05. The van der Waals surface area contributed by atoms with Crippen LogP contribution in [-0.2, 0) is 4.74 Å². The zero-order valence-corrected chi connectivity index (χ0v) is 15.6. The van der Waals surface area contributed by atoms with Gasteiger partial charge in [-0.15, -0.1) is 0 Å². The molecule has 0 saturated carbocycles. The molecule has 1 aromatic rings. The maximum atomic E-state index is 12.7. The molecule has 0 aromatic heterocycles. The molecular weight excluding hydrogens is 342 g/mol. The number of rotatable bonds is 6. The van der Waals surface area contributed by atoms with E-state index in [2.05, 4.69) is 10.6 Å². The summed E-state index contributed by atoms with van der Waals surface area (Å²) in [6.07, 6.45) is 5.04. The monoisotopic (exact) mass is 367 g/mol. The first-order valence-electron chi connectivity index (χ1n) is 8.65. The number of amides is 3. The quantitative estimate of drug-likeness (QED) is 0.756.